The Balaban J connectivity index is 2.74. The number of unbranched alkanes of at least 4 members (excludes halogenated alkanes) is 24. The van der Waals surface area contributed by atoms with E-state index in [2.05, 4.69) is 45.1 Å². The maximum atomic E-state index is 13.0. The number of esters is 3. The first-order chi connectivity index (χ1) is 30.6. The number of aliphatic hydroxyl groups excluding tert-OH is 2. The van der Waals surface area contributed by atoms with Crippen LogP contribution in [0, 0.1) is 0 Å². The molecule has 1 aliphatic rings. The van der Waals surface area contributed by atoms with Gasteiger partial charge < -0.3 is 39.0 Å². The van der Waals surface area contributed by atoms with Crippen LogP contribution in [-0.2, 0) is 42.9 Å². The highest BCUT2D eigenvalue weighted by atomic mass is 16.7. The number of rotatable bonds is 42. The molecule has 0 saturated carbocycles. The average molecular weight is 895 g/mol. The molecule has 0 aromatic heterocycles. The smallest absolute Gasteiger partial charge is 0.335 e. The van der Waals surface area contributed by atoms with Crippen LogP contribution in [0.15, 0.2) is 24.3 Å². The van der Waals surface area contributed by atoms with Crippen LogP contribution in [0.3, 0.4) is 0 Å². The van der Waals surface area contributed by atoms with Crippen molar-refractivity contribution in [2.24, 2.45) is 0 Å². The van der Waals surface area contributed by atoms with Crippen molar-refractivity contribution in [3.05, 3.63) is 24.3 Å². The molecule has 0 aliphatic carbocycles. The monoisotopic (exact) mass is 895 g/mol. The number of hydrogen-bond donors (Lipinski definition) is 3. The van der Waals surface area contributed by atoms with E-state index in [-0.39, 0.29) is 25.9 Å². The molecule has 0 aromatic rings. The predicted octanol–water partition coefficient (Wildman–Crippen LogP) is 11.6. The first kappa shape index (κ1) is 58.2. The second-order valence-corrected chi connectivity index (χ2v) is 17.5. The average Bonchev–Trinajstić information content (AvgIpc) is 3.26. The molecule has 63 heavy (non-hydrogen) atoms. The SMILES string of the molecule is CCCC/C=C\CCCCCCCC(=O)OCC(COC1OC(C(=O)O)C(O)C(O)C1OC(=O)CCCCCCC/C=C\CCCCCC)OC(=O)CCCCCCCCCCC. The highest BCUT2D eigenvalue weighted by Gasteiger charge is 2.50. The molecular formula is C51H90O12. The van der Waals surface area contributed by atoms with Gasteiger partial charge in [0.25, 0.3) is 0 Å². The van der Waals surface area contributed by atoms with Crippen molar-refractivity contribution in [1.82, 2.24) is 0 Å². The Morgan fingerprint density at radius 2 is 0.921 bits per heavy atom. The number of carbonyl (C=O) groups is 4. The Labute approximate surface area is 381 Å². The van der Waals surface area contributed by atoms with Gasteiger partial charge in [0.15, 0.2) is 24.6 Å². The standard InChI is InChI=1S/C51H90O12/c1-4-7-10-13-16-19-21-22-24-27-30-33-36-39-45(54)62-49-47(56)46(55)48(50(57)58)63-51(49)60-41-42(61-44(53)38-35-32-29-25-18-15-12-9-6-3)40-59-43(52)37-34-31-28-26-23-20-17-14-11-8-5-2/h14,17,19,21,42,46-49,51,55-56H,4-13,15-16,18,20,22-41H2,1-3H3,(H,57,58)/b17-14-,21-19-. The van der Waals surface area contributed by atoms with Crippen molar-refractivity contribution in [3.8, 4) is 0 Å². The zero-order chi connectivity index (χ0) is 46.2. The van der Waals surface area contributed by atoms with Gasteiger partial charge in [0, 0.05) is 19.3 Å². The lowest BCUT2D eigenvalue weighted by Gasteiger charge is -2.40. The van der Waals surface area contributed by atoms with E-state index >= 15 is 0 Å². The van der Waals surface area contributed by atoms with E-state index in [1.165, 1.54) is 70.6 Å². The molecule has 6 atom stereocenters. The molecule has 1 rings (SSSR count). The van der Waals surface area contributed by atoms with Crippen molar-refractivity contribution in [2.45, 2.75) is 263 Å². The molecular weight excluding hydrogens is 805 g/mol. The quantitative estimate of drug-likeness (QED) is 0.0229. The predicted molar refractivity (Wildman–Crippen MR) is 248 cm³/mol. The summed E-state index contributed by atoms with van der Waals surface area (Å²) >= 11 is 0. The number of carbonyl (C=O) groups excluding carboxylic acids is 3. The van der Waals surface area contributed by atoms with Crippen LogP contribution in [0.2, 0.25) is 0 Å². The highest BCUT2D eigenvalue weighted by molar-refractivity contribution is 5.74. The molecule has 0 radical (unpaired) electrons. The summed E-state index contributed by atoms with van der Waals surface area (Å²) in [5.41, 5.74) is 0. The summed E-state index contributed by atoms with van der Waals surface area (Å²) in [6, 6.07) is 0. The number of ether oxygens (including phenoxy) is 5. The zero-order valence-corrected chi connectivity index (χ0v) is 39.8. The molecule has 6 unspecified atom stereocenters. The van der Waals surface area contributed by atoms with Crippen molar-refractivity contribution in [1.29, 1.82) is 0 Å². The fourth-order valence-electron chi connectivity index (χ4n) is 7.52. The summed E-state index contributed by atoms with van der Waals surface area (Å²) < 4.78 is 28.2. The minimum absolute atomic E-state index is 0.0531. The van der Waals surface area contributed by atoms with Gasteiger partial charge in [-0.3, -0.25) is 14.4 Å². The van der Waals surface area contributed by atoms with Gasteiger partial charge in [0.05, 0.1) is 6.61 Å². The second-order valence-electron chi connectivity index (χ2n) is 17.5. The molecule has 1 fully saturated rings. The van der Waals surface area contributed by atoms with Gasteiger partial charge in [-0.15, -0.1) is 0 Å². The topological polar surface area (TPSA) is 175 Å². The number of hydrogen-bond acceptors (Lipinski definition) is 11. The highest BCUT2D eigenvalue weighted by Crippen LogP contribution is 2.26. The van der Waals surface area contributed by atoms with Crippen molar-refractivity contribution in [3.63, 3.8) is 0 Å². The summed E-state index contributed by atoms with van der Waals surface area (Å²) in [5, 5.41) is 31.2. The first-order valence-electron chi connectivity index (χ1n) is 25.3. The van der Waals surface area contributed by atoms with Gasteiger partial charge >= 0.3 is 23.9 Å². The third-order valence-electron chi connectivity index (χ3n) is 11.5. The van der Waals surface area contributed by atoms with Crippen molar-refractivity contribution >= 4 is 23.9 Å². The van der Waals surface area contributed by atoms with Crippen molar-refractivity contribution in [2.75, 3.05) is 13.2 Å². The van der Waals surface area contributed by atoms with E-state index in [1.807, 2.05) is 0 Å². The zero-order valence-electron chi connectivity index (χ0n) is 39.8. The molecule has 1 heterocycles. The van der Waals surface area contributed by atoms with Crippen LogP contribution < -0.4 is 0 Å². The van der Waals surface area contributed by atoms with Crippen LogP contribution in [0.5, 0.6) is 0 Å². The van der Waals surface area contributed by atoms with E-state index < -0.39 is 67.3 Å². The Morgan fingerprint density at radius 3 is 1.41 bits per heavy atom. The second kappa shape index (κ2) is 40.7. The molecule has 3 N–H and O–H groups in total. The minimum Gasteiger partial charge on any atom is -0.479 e. The molecule has 12 nitrogen and oxygen atoms in total. The molecule has 1 saturated heterocycles. The van der Waals surface area contributed by atoms with Crippen LogP contribution in [0.1, 0.15) is 226 Å². The Morgan fingerprint density at radius 1 is 0.508 bits per heavy atom. The molecule has 0 aromatic carbocycles. The van der Waals surface area contributed by atoms with E-state index in [1.54, 1.807) is 0 Å². The minimum atomic E-state index is -1.90. The molecule has 366 valence electrons. The number of aliphatic carboxylic acids is 1. The summed E-state index contributed by atoms with van der Waals surface area (Å²) in [6.07, 6.45) is 30.4. The van der Waals surface area contributed by atoms with Gasteiger partial charge in [0.1, 0.15) is 18.8 Å². The summed E-state index contributed by atoms with van der Waals surface area (Å²) in [5.74, 6) is -3.13. The Hall–Kier alpha value is -2.80. The third-order valence-corrected chi connectivity index (χ3v) is 11.5. The number of carboxylic acid groups (broad SMARTS) is 1. The van der Waals surface area contributed by atoms with E-state index in [4.69, 9.17) is 23.7 Å². The molecule has 0 bridgehead atoms. The molecule has 0 amide bonds. The van der Waals surface area contributed by atoms with Crippen molar-refractivity contribution < 1.29 is 58.2 Å². The number of allylic oxidation sites excluding steroid dienone is 4. The van der Waals surface area contributed by atoms with Gasteiger partial charge in [0.2, 0.25) is 0 Å². The molecule has 0 spiro atoms. The lowest BCUT2D eigenvalue weighted by Crippen LogP contribution is -2.61. The van der Waals surface area contributed by atoms with E-state index in [0.717, 1.165) is 96.3 Å². The fraction of sp³-hybridized carbons (Fsp3) is 0.843. The lowest BCUT2D eigenvalue weighted by molar-refractivity contribution is -0.301. The fourth-order valence-corrected chi connectivity index (χ4v) is 7.52. The molecule has 12 heteroatoms. The third kappa shape index (κ3) is 31.7. The summed E-state index contributed by atoms with van der Waals surface area (Å²) in [6.45, 7) is 5.87. The Bertz CT molecular complexity index is 1200. The van der Waals surface area contributed by atoms with Gasteiger partial charge in [-0.05, 0) is 64.2 Å². The van der Waals surface area contributed by atoms with Crippen LogP contribution in [0.4, 0.5) is 0 Å². The molecule has 1 aliphatic heterocycles. The van der Waals surface area contributed by atoms with Crippen LogP contribution >= 0.6 is 0 Å². The normalized spacial score (nSPS) is 19.4. The van der Waals surface area contributed by atoms with Gasteiger partial charge in [-0.2, -0.15) is 0 Å². The van der Waals surface area contributed by atoms with E-state index in [0.29, 0.717) is 19.3 Å². The van der Waals surface area contributed by atoms with E-state index in [9.17, 15) is 34.5 Å². The Kier molecular flexibility index (Phi) is 37.6. The summed E-state index contributed by atoms with van der Waals surface area (Å²) in [7, 11) is 0. The summed E-state index contributed by atoms with van der Waals surface area (Å²) in [4.78, 5) is 50.6. The van der Waals surface area contributed by atoms with Crippen LogP contribution in [-0.4, -0.2) is 89.2 Å². The maximum Gasteiger partial charge on any atom is 0.335 e. The first-order valence-corrected chi connectivity index (χ1v) is 25.3. The lowest BCUT2D eigenvalue weighted by atomic mass is 9.98. The largest absolute Gasteiger partial charge is 0.479 e. The van der Waals surface area contributed by atoms with Gasteiger partial charge in [-0.1, -0.05) is 167 Å². The number of aliphatic hydroxyl groups is 2. The van der Waals surface area contributed by atoms with Crippen LogP contribution in [0.25, 0.3) is 0 Å². The number of carboxylic acids is 1. The van der Waals surface area contributed by atoms with Gasteiger partial charge in [-0.25, -0.2) is 4.79 Å². The maximum absolute atomic E-state index is 13.0.